The molecule has 1 aliphatic heterocycles. The second-order valence-corrected chi connectivity index (χ2v) is 5.39. The molecule has 2 heteroatoms. The zero-order valence-corrected chi connectivity index (χ0v) is 10.5. The van der Waals surface area contributed by atoms with Crippen LogP contribution in [0.3, 0.4) is 0 Å². The van der Waals surface area contributed by atoms with E-state index in [-0.39, 0.29) is 11.7 Å². The Hall–Kier alpha value is -0.340. The zero-order valence-electron chi connectivity index (χ0n) is 10.5. The third-order valence-corrected chi connectivity index (χ3v) is 2.86. The van der Waals surface area contributed by atoms with Crippen molar-refractivity contribution in [1.82, 2.24) is 0 Å². The number of hydrogen-bond donors (Lipinski definition) is 0. The molecule has 0 aromatic heterocycles. The van der Waals surface area contributed by atoms with Crippen molar-refractivity contribution in [2.45, 2.75) is 46.8 Å². The van der Waals surface area contributed by atoms with E-state index in [0.717, 1.165) is 12.3 Å². The molecule has 0 fully saturated rings. The summed E-state index contributed by atoms with van der Waals surface area (Å²) in [4.78, 5) is 0. The molecule has 0 bridgehead atoms. The van der Waals surface area contributed by atoms with Crippen LogP contribution in [0.5, 0.6) is 0 Å². The fourth-order valence-corrected chi connectivity index (χ4v) is 1.70. The van der Waals surface area contributed by atoms with Gasteiger partial charge in [-0.25, -0.2) is 0 Å². The molecule has 0 spiro atoms. The molecule has 0 atom stereocenters. The lowest BCUT2D eigenvalue weighted by Crippen LogP contribution is -2.34. The molecule has 0 radical (unpaired) electrons. The van der Waals surface area contributed by atoms with E-state index in [9.17, 15) is 0 Å². The number of rotatable bonds is 4. The first-order valence-corrected chi connectivity index (χ1v) is 5.90. The van der Waals surface area contributed by atoms with Gasteiger partial charge in [0.25, 0.3) is 0 Å². The second-order valence-electron chi connectivity index (χ2n) is 5.39. The van der Waals surface area contributed by atoms with Gasteiger partial charge in [0.2, 0.25) is 0 Å². The summed E-state index contributed by atoms with van der Waals surface area (Å²) < 4.78 is 11.4. The van der Waals surface area contributed by atoms with E-state index < -0.39 is 0 Å². The van der Waals surface area contributed by atoms with Crippen molar-refractivity contribution in [3.05, 3.63) is 12.2 Å². The summed E-state index contributed by atoms with van der Waals surface area (Å²) in [5.74, 6) is 0.744. The summed E-state index contributed by atoms with van der Waals surface area (Å²) in [5.41, 5.74) is 0.107. The summed E-state index contributed by atoms with van der Waals surface area (Å²) in [5, 5.41) is 0. The summed E-state index contributed by atoms with van der Waals surface area (Å²) in [6.07, 6.45) is 6.36. The molecular weight excluding hydrogens is 188 g/mol. The van der Waals surface area contributed by atoms with Gasteiger partial charge in [0.1, 0.15) is 0 Å². The Bertz CT molecular complexity index is 197. The fraction of sp³-hybridized carbons (Fsp3) is 0.846. The highest BCUT2D eigenvalue weighted by molar-refractivity contribution is 4.86. The lowest BCUT2D eigenvalue weighted by atomic mass is 9.84. The maximum atomic E-state index is 5.69. The van der Waals surface area contributed by atoms with Crippen molar-refractivity contribution in [3.8, 4) is 0 Å². The molecule has 0 saturated heterocycles. The lowest BCUT2D eigenvalue weighted by Gasteiger charge is -2.33. The Morgan fingerprint density at radius 2 is 1.73 bits per heavy atom. The van der Waals surface area contributed by atoms with Crippen LogP contribution in [0.2, 0.25) is 0 Å². The predicted molar refractivity (Wildman–Crippen MR) is 62.7 cm³/mol. The maximum absolute atomic E-state index is 5.69. The molecule has 0 unspecified atom stereocenters. The first-order chi connectivity index (χ1) is 7.02. The Labute approximate surface area is 93.7 Å². The average Bonchev–Trinajstić information content (AvgIpc) is 2.43. The van der Waals surface area contributed by atoms with Crippen LogP contribution < -0.4 is 0 Å². The summed E-state index contributed by atoms with van der Waals surface area (Å²) in [7, 11) is 0. The van der Waals surface area contributed by atoms with Crippen molar-refractivity contribution in [2.24, 2.45) is 11.3 Å². The highest BCUT2D eigenvalue weighted by Crippen LogP contribution is 2.32. The molecule has 0 N–H and O–H groups in total. The largest absolute Gasteiger partial charge is 0.348 e. The molecule has 1 rings (SSSR count). The Kier molecular flexibility index (Phi) is 4.81. The summed E-state index contributed by atoms with van der Waals surface area (Å²) in [6.45, 7) is 10.3. The highest BCUT2D eigenvalue weighted by atomic mass is 16.7. The van der Waals surface area contributed by atoms with Gasteiger partial charge in [-0.2, -0.15) is 0 Å². The van der Waals surface area contributed by atoms with Crippen LogP contribution in [-0.2, 0) is 9.47 Å². The van der Waals surface area contributed by atoms with Crippen molar-refractivity contribution in [1.29, 1.82) is 0 Å². The smallest absolute Gasteiger partial charge is 0.163 e. The van der Waals surface area contributed by atoms with E-state index in [4.69, 9.17) is 9.47 Å². The van der Waals surface area contributed by atoms with E-state index in [2.05, 4.69) is 27.7 Å². The van der Waals surface area contributed by atoms with E-state index in [0.29, 0.717) is 13.2 Å². The minimum atomic E-state index is -0.0637. The van der Waals surface area contributed by atoms with Crippen LogP contribution >= 0.6 is 0 Å². The van der Waals surface area contributed by atoms with Crippen LogP contribution in [0.25, 0.3) is 0 Å². The SMILES string of the molecule is CC(C)CCC(C)(C)C1OCC=CCO1. The van der Waals surface area contributed by atoms with Gasteiger partial charge in [0, 0.05) is 5.41 Å². The zero-order chi connectivity index (χ0) is 11.3. The summed E-state index contributed by atoms with van der Waals surface area (Å²) >= 11 is 0. The van der Waals surface area contributed by atoms with Gasteiger partial charge in [-0.05, 0) is 12.3 Å². The lowest BCUT2D eigenvalue weighted by molar-refractivity contribution is -0.185. The van der Waals surface area contributed by atoms with Gasteiger partial charge in [0.05, 0.1) is 13.2 Å². The van der Waals surface area contributed by atoms with Gasteiger partial charge in [-0.1, -0.05) is 46.3 Å². The van der Waals surface area contributed by atoms with Gasteiger partial charge < -0.3 is 9.47 Å². The molecular formula is C13H24O2. The standard InChI is InChI=1S/C13H24O2/c1-11(2)7-8-13(3,4)12-14-9-5-6-10-15-12/h5-6,11-12H,7-10H2,1-4H3. The maximum Gasteiger partial charge on any atom is 0.163 e. The van der Waals surface area contributed by atoms with Crippen molar-refractivity contribution < 1.29 is 9.47 Å². The van der Waals surface area contributed by atoms with Crippen molar-refractivity contribution in [2.75, 3.05) is 13.2 Å². The molecule has 1 aliphatic rings. The number of ether oxygens (including phenoxy) is 2. The highest BCUT2D eigenvalue weighted by Gasteiger charge is 2.31. The Morgan fingerprint density at radius 3 is 2.20 bits per heavy atom. The first kappa shape index (κ1) is 12.7. The van der Waals surface area contributed by atoms with Crippen LogP contribution in [0.15, 0.2) is 12.2 Å². The minimum Gasteiger partial charge on any atom is -0.348 e. The van der Waals surface area contributed by atoms with Crippen molar-refractivity contribution in [3.63, 3.8) is 0 Å². The van der Waals surface area contributed by atoms with E-state index in [1.54, 1.807) is 0 Å². The van der Waals surface area contributed by atoms with E-state index >= 15 is 0 Å². The Morgan fingerprint density at radius 1 is 1.20 bits per heavy atom. The molecule has 0 saturated carbocycles. The second kappa shape index (κ2) is 5.66. The first-order valence-electron chi connectivity index (χ1n) is 5.90. The third-order valence-electron chi connectivity index (χ3n) is 2.86. The topological polar surface area (TPSA) is 18.5 Å². The molecule has 1 heterocycles. The molecule has 0 aromatic carbocycles. The molecule has 0 aliphatic carbocycles. The van der Waals surface area contributed by atoms with Crippen LogP contribution in [-0.4, -0.2) is 19.5 Å². The van der Waals surface area contributed by atoms with Gasteiger partial charge in [-0.3, -0.25) is 0 Å². The molecule has 88 valence electrons. The predicted octanol–water partition coefficient (Wildman–Crippen LogP) is 3.38. The van der Waals surface area contributed by atoms with Crippen LogP contribution in [0, 0.1) is 11.3 Å². The average molecular weight is 212 g/mol. The van der Waals surface area contributed by atoms with Gasteiger partial charge in [0.15, 0.2) is 6.29 Å². The molecule has 2 nitrogen and oxygen atoms in total. The van der Waals surface area contributed by atoms with Crippen LogP contribution in [0.1, 0.15) is 40.5 Å². The normalized spacial score (nSPS) is 19.5. The van der Waals surface area contributed by atoms with E-state index in [1.165, 1.54) is 6.42 Å². The van der Waals surface area contributed by atoms with Crippen LogP contribution in [0.4, 0.5) is 0 Å². The summed E-state index contributed by atoms with van der Waals surface area (Å²) in [6, 6.07) is 0. The quantitative estimate of drug-likeness (QED) is 0.665. The molecule has 0 amide bonds. The molecule has 15 heavy (non-hydrogen) atoms. The van der Waals surface area contributed by atoms with E-state index in [1.807, 2.05) is 12.2 Å². The fourth-order valence-electron chi connectivity index (χ4n) is 1.70. The third kappa shape index (κ3) is 4.35. The minimum absolute atomic E-state index is 0.0637. The molecule has 0 aromatic rings. The Balaban J connectivity index is 2.44. The van der Waals surface area contributed by atoms with Gasteiger partial charge >= 0.3 is 0 Å². The monoisotopic (exact) mass is 212 g/mol. The van der Waals surface area contributed by atoms with Gasteiger partial charge in [-0.15, -0.1) is 0 Å². The number of hydrogen-bond acceptors (Lipinski definition) is 2. The van der Waals surface area contributed by atoms with Crippen molar-refractivity contribution >= 4 is 0 Å².